The SMILES string of the molecule is C=C(C)C1=CC(C(=O)OC)(C(=O)OC)CC1Cc1ccc([Si](C)(C)C)cc1. The Morgan fingerprint density at radius 2 is 1.63 bits per heavy atom. The number of methoxy groups -OCH3 is 2. The van der Waals surface area contributed by atoms with Crippen molar-refractivity contribution in [2.45, 2.75) is 39.4 Å². The first-order chi connectivity index (χ1) is 12.5. The van der Waals surface area contributed by atoms with Crippen LogP contribution in [0.3, 0.4) is 0 Å². The van der Waals surface area contributed by atoms with Gasteiger partial charge in [0.25, 0.3) is 0 Å². The van der Waals surface area contributed by atoms with E-state index in [1.807, 2.05) is 6.92 Å². The Morgan fingerprint density at radius 1 is 1.11 bits per heavy atom. The van der Waals surface area contributed by atoms with Crippen molar-refractivity contribution in [2.24, 2.45) is 11.3 Å². The minimum Gasteiger partial charge on any atom is -0.468 e. The molecule has 4 nitrogen and oxygen atoms in total. The molecule has 1 aromatic carbocycles. The molecule has 0 saturated carbocycles. The number of hydrogen-bond acceptors (Lipinski definition) is 4. The Bertz CT molecular complexity index is 752. The molecule has 5 heteroatoms. The van der Waals surface area contributed by atoms with Gasteiger partial charge in [0, 0.05) is 0 Å². The van der Waals surface area contributed by atoms with Gasteiger partial charge in [-0.3, -0.25) is 9.59 Å². The predicted molar refractivity (Wildman–Crippen MR) is 111 cm³/mol. The second-order valence-corrected chi connectivity index (χ2v) is 13.5. The van der Waals surface area contributed by atoms with Crippen molar-refractivity contribution >= 4 is 25.2 Å². The van der Waals surface area contributed by atoms with Crippen LogP contribution in [0.1, 0.15) is 18.9 Å². The molecule has 0 spiro atoms. The highest BCUT2D eigenvalue weighted by atomic mass is 28.3. The smallest absolute Gasteiger partial charge is 0.327 e. The van der Waals surface area contributed by atoms with Gasteiger partial charge in [-0.15, -0.1) is 0 Å². The Kier molecular flexibility index (Phi) is 6.15. The van der Waals surface area contributed by atoms with Gasteiger partial charge in [0.05, 0.1) is 22.3 Å². The summed E-state index contributed by atoms with van der Waals surface area (Å²) in [6, 6.07) is 8.71. The maximum absolute atomic E-state index is 12.5. The van der Waals surface area contributed by atoms with Crippen LogP contribution in [0.2, 0.25) is 19.6 Å². The van der Waals surface area contributed by atoms with Gasteiger partial charge in [0.15, 0.2) is 5.41 Å². The predicted octanol–water partition coefficient (Wildman–Crippen LogP) is 3.63. The molecule has 1 atom stereocenters. The van der Waals surface area contributed by atoms with Crippen molar-refractivity contribution in [3.8, 4) is 0 Å². The lowest BCUT2D eigenvalue weighted by Gasteiger charge is -2.23. The fraction of sp³-hybridized carbons (Fsp3) is 0.455. The first kappa shape index (κ1) is 21.2. The average Bonchev–Trinajstić information content (AvgIpc) is 3.00. The summed E-state index contributed by atoms with van der Waals surface area (Å²) in [5, 5.41) is 1.41. The molecule has 0 heterocycles. The number of carbonyl (C=O) groups is 2. The van der Waals surface area contributed by atoms with E-state index in [4.69, 9.17) is 9.47 Å². The molecule has 146 valence electrons. The van der Waals surface area contributed by atoms with E-state index in [1.54, 1.807) is 6.08 Å². The van der Waals surface area contributed by atoms with Gasteiger partial charge in [0.1, 0.15) is 0 Å². The Labute approximate surface area is 163 Å². The molecule has 0 amide bonds. The van der Waals surface area contributed by atoms with Crippen molar-refractivity contribution in [2.75, 3.05) is 14.2 Å². The lowest BCUT2D eigenvalue weighted by molar-refractivity contribution is -0.165. The normalized spacial score (nSPS) is 18.6. The van der Waals surface area contributed by atoms with Crippen molar-refractivity contribution < 1.29 is 19.1 Å². The summed E-state index contributed by atoms with van der Waals surface area (Å²) in [7, 11) is 1.25. The molecule has 1 aliphatic rings. The molecule has 0 aliphatic heterocycles. The number of hydrogen-bond donors (Lipinski definition) is 0. The largest absolute Gasteiger partial charge is 0.468 e. The minimum atomic E-state index is -1.39. The average molecular weight is 387 g/mol. The zero-order valence-electron chi connectivity index (χ0n) is 17.2. The highest BCUT2D eigenvalue weighted by molar-refractivity contribution is 6.88. The van der Waals surface area contributed by atoms with E-state index in [0.29, 0.717) is 6.42 Å². The van der Waals surface area contributed by atoms with Crippen LogP contribution in [0.5, 0.6) is 0 Å². The number of benzene rings is 1. The van der Waals surface area contributed by atoms with E-state index in [2.05, 4.69) is 50.5 Å². The Hall–Kier alpha value is -2.14. The molecule has 0 bridgehead atoms. The van der Waals surface area contributed by atoms with Gasteiger partial charge in [-0.25, -0.2) is 0 Å². The molecule has 0 saturated heterocycles. The van der Waals surface area contributed by atoms with E-state index in [-0.39, 0.29) is 5.92 Å². The number of rotatable bonds is 6. The van der Waals surface area contributed by atoms with Gasteiger partial charge in [0.2, 0.25) is 0 Å². The molecule has 0 radical (unpaired) electrons. The number of carbonyl (C=O) groups excluding carboxylic acids is 2. The van der Waals surface area contributed by atoms with Crippen LogP contribution in [0.15, 0.2) is 48.1 Å². The van der Waals surface area contributed by atoms with Crippen LogP contribution in [0, 0.1) is 11.3 Å². The molecule has 0 aromatic heterocycles. The Balaban J connectivity index is 2.34. The van der Waals surface area contributed by atoms with E-state index in [9.17, 15) is 9.59 Å². The third kappa shape index (κ3) is 4.24. The quantitative estimate of drug-likeness (QED) is 0.426. The molecular weight excluding hydrogens is 356 g/mol. The van der Waals surface area contributed by atoms with Crippen molar-refractivity contribution in [1.82, 2.24) is 0 Å². The van der Waals surface area contributed by atoms with E-state index in [0.717, 1.165) is 17.6 Å². The Morgan fingerprint density at radius 3 is 2.04 bits per heavy atom. The van der Waals surface area contributed by atoms with E-state index in [1.165, 1.54) is 25.0 Å². The summed E-state index contributed by atoms with van der Waals surface area (Å²) in [6.45, 7) is 12.9. The summed E-state index contributed by atoms with van der Waals surface area (Å²) in [5.41, 5.74) is 1.58. The van der Waals surface area contributed by atoms with Crippen LogP contribution in [0.25, 0.3) is 0 Å². The van der Waals surface area contributed by atoms with E-state index < -0.39 is 25.4 Å². The molecule has 0 N–H and O–H groups in total. The minimum absolute atomic E-state index is 0.0124. The van der Waals surface area contributed by atoms with Crippen LogP contribution < -0.4 is 5.19 Å². The molecule has 1 aliphatic carbocycles. The van der Waals surface area contributed by atoms with Crippen molar-refractivity contribution in [1.29, 1.82) is 0 Å². The van der Waals surface area contributed by atoms with Gasteiger partial charge < -0.3 is 9.47 Å². The first-order valence-corrected chi connectivity index (χ1v) is 12.7. The van der Waals surface area contributed by atoms with Gasteiger partial charge in [-0.2, -0.15) is 0 Å². The number of allylic oxidation sites excluding steroid dienone is 2. The molecule has 27 heavy (non-hydrogen) atoms. The van der Waals surface area contributed by atoms with Crippen molar-refractivity contribution in [3.05, 3.63) is 53.6 Å². The van der Waals surface area contributed by atoms with Crippen molar-refractivity contribution in [3.63, 3.8) is 0 Å². The molecule has 2 rings (SSSR count). The number of esters is 2. The summed E-state index contributed by atoms with van der Waals surface area (Å²) in [6.07, 6.45) is 2.78. The highest BCUT2D eigenvalue weighted by Gasteiger charge is 2.52. The third-order valence-electron chi connectivity index (χ3n) is 5.30. The molecular formula is C22H30O4Si. The summed E-state index contributed by atoms with van der Waals surface area (Å²) in [5.74, 6) is -1.15. The fourth-order valence-electron chi connectivity index (χ4n) is 3.75. The van der Waals surface area contributed by atoms with Crippen LogP contribution >= 0.6 is 0 Å². The maximum Gasteiger partial charge on any atom is 0.327 e. The molecule has 1 aromatic rings. The number of ether oxygens (including phenoxy) is 2. The molecule has 0 fully saturated rings. The van der Waals surface area contributed by atoms with Gasteiger partial charge in [-0.05, 0) is 36.8 Å². The van der Waals surface area contributed by atoms with E-state index >= 15 is 0 Å². The lowest BCUT2D eigenvalue weighted by Crippen LogP contribution is -2.38. The second kappa shape index (κ2) is 7.85. The zero-order valence-corrected chi connectivity index (χ0v) is 18.2. The highest BCUT2D eigenvalue weighted by Crippen LogP contribution is 2.45. The summed E-state index contributed by atoms with van der Waals surface area (Å²) < 4.78 is 9.86. The summed E-state index contributed by atoms with van der Waals surface area (Å²) in [4.78, 5) is 24.9. The van der Waals surface area contributed by atoms with Crippen LogP contribution in [-0.4, -0.2) is 34.2 Å². The second-order valence-electron chi connectivity index (χ2n) is 8.39. The van der Waals surface area contributed by atoms with Gasteiger partial charge in [-0.1, -0.05) is 67.3 Å². The standard InChI is InChI=1S/C22H30O4Si/c1-15(2)19-14-22(20(23)25-3,21(24)26-4)13-17(19)12-16-8-10-18(11-9-16)27(5,6)7/h8-11,14,17H,1,12-13H2,2-7H3. The maximum atomic E-state index is 12.5. The topological polar surface area (TPSA) is 52.6 Å². The monoisotopic (exact) mass is 386 g/mol. The van der Waals surface area contributed by atoms with Gasteiger partial charge >= 0.3 is 11.9 Å². The zero-order chi connectivity index (χ0) is 20.4. The van der Waals surface area contributed by atoms with Crippen LogP contribution in [0.4, 0.5) is 0 Å². The first-order valence-electron chi connectivity index (χ1n) is 9.20. The third-order valence-corrected chi connectivity index (χ3v) is 7.37. The fourth-order valence-corrected chi connectivity index (χ4v) is 4.92. The lowest BCUT2D eigenvalue weighted by atomic mass is 9.83. The summed E-state index contributed by atoms with van der Waals surface area (Å²) >= 11 is 0. The van der Waals surface area contributed by atoms with Crippen LogP contribution in [-0.2, 0) is 25.5 Å². The molecule has 1 unspecified atom stereocenters.